The Hall–Kier alpha value is -3.30. The molecule has 0 aliphatic carbocycles. The molecule has 1 unspecified atom stereocenters. The van der Waals surface area contributed by atoms with E-state index >= 15 is 0 Å². The largest absolute Gasteiger partial charge is 0.497 e. The molecule has 8 nitrogen and oxygen atoms in total. The van der Waals surface area contributed by atoms with Gasteiger partial charge in [-0.1, -0.05) is 36.9 Å². The van der Waals surface area contributed by atoms with Crippen molar-refractivity contribution >= 4 is 40.5 Å². The Bertz CT molecular complexity index is 1130. The summed E-state index contributed by atoms with van der Waals surface area (Å²) in [6.07, 6.45) is 2.66. The van der Waals surface area contributed by atoms with Gasteiger partial charge in [-0.15, -0.1) is 0 Å². The molecule has 0 aromatic heterocycles. The van der Waals surface area contributed by atoms with Crippen molar-refractivity contribution in [1.82, 2.24) is 4.90 Å². The first-order valence-corrected chi connectivity index (χ1v) is 12.5. The lowest BCUT2D eigenvalue weighted by atomic mass is 10.2. The van der Waals surface area contributed by atoms with Crippen molar-refractivity contribution in [3.05, 3.63) is 59.8 Å². The summed E-state index contributed by atoms with van der Waals surface area (Å²) >= 11 is 1.26. The molecule has 2 amide bonds. The Morgan fingerprint density at radius 1 is 1.17 bits per heavy atom. The molecule has 0 saturated carbocycles. The summed E-state index contributed by atoms with van der Waals surface area (Å²) in [5.41, 5.74) is 1.75. The van der Waals surface area contributed by atoms with Crippen molar-refractivity contribution in [3.63, 3.8) is 0 Å². The summed E-state index contributed by atoms with van der Waals surface area (Å²) in [4.78, 5) is 34.3. The second-order valence-corrected chi connectivity index (χ2v) is 9.01. The van der Waals surface area contributed by atoms with Gasteiger partial charge in [-0.2, -0.15) is 0 Å². The lowest BCUT2D eigenvalue weighted by molar-refractivity contribution is -0.135. The zero-order valence-corrected chi connectivity index (χ0v) is 20.9. The number of morpholine rings is 1. The molecule has 0 bridgehead atoms. The van der Waals surface area contributed by atoms with Gasteiger partial charge in [-0.25, -0.2) is 4.99 Å². The van der Waals surface area contributed by atoms with Gasteiger partial charge in [0.05, 0.1) is 38.4 Å². The number of anilines is 1. The monoisotopic (exact) mass is 495 g/mol. The molecule has 9 heteroatoms. The summed E-state index contributed by atoms with van der Waals surface area (Å²) in [6.45, 7) is 3.75. The van der Waals surface area contributed by atoms with Crippen LogP contribution in [0, 0.1) is 0 Å². The predicted molar refractivity (Wildman–Crippen MR) is 138 cm³/mol. The third-order valence-electron chi connectivity index (χ3n) is 5.83. The van der Waals surface area contributed by atoms with E-state index in [9.17, 15) is 9.59 Å². The number of carbonyl (C=O) groups excluding carboxylic acids is 2. The molecule has 0 radical (unpaired) electrons. The second kappa shape index (κ2) is 11.4. The predicted octanol–water partition coefficient (Wildman–Crippen LogP) is 3.82. The summed E-state index contributed by atoms with van der Waals surface area (Å²) in [6, 6.07) is 14.6. The molecule has 2 aromatic carbocycles. The number of amidine groups is 1. The number of benzene rings is 2. The topological polar surface area (TPSA) is 80.7 Å². The zero-order valence-electron chi connectivity index (χ0n) is 20.1. The summed E-state index contributed by atoms with van der Waals surface area (Å²) < 4.78 is 16.2. The average molecular weight is 496 g/mol. The normalized spacial score (nSPS) is 19.2. The van der Waals surface area contributed by atoms with Gasteiger partial charge in [0.25, 0.3) is 5.91 Å². The van der Waals surface area contributed by atoms with Crippen molar-refractivity contribution in [2.45, 2.75) is 19.4 Å². The average Bonchev–Trinajstić information content (AvgIpc) is 3.22. The quantitative estimate of drug-likeness (QED) is 0.544. The molecule has 2 aromatic rings. The van der Waals surface area contributed by atoms with Crippen molar-refractivity contribution in [2.75, 3.05) is 44.6 Å². The molecule has 1 fully saturated rings. The van der Waals surface area contributed by atoms with Crippen LogP contribution in [0.2, 0.25) is 0 Å². The fraction of sp³-hybridized carbons (Fsp3) is 0.346. The van der Waals surface area contributed by atoms with Gasteiger partial charge in [0.1, 0.15) is 17.2 Å². The number of hydrogen-bond donors (Lipinski definition) is 0. The Labute approximate surface area is 209 Å². The van der Waals surface area contributed by atoms with Crippen LogP contribution in [0.25, 0.3) is 6.08 Å². The fourth-order valence-corrected chi connectivity index (χ4v) is 4.75. The van der Waals surface area contributed by atoms with Gasteiger partial charge in [-0.3, -0.25) is 14.5 Å². The Kier molecular flexibility index (Phi) is 8.09. The number of hydrogen-bond acceptors (Lipinski definition) is 7. The Balaban J connectivity index is 1.57. The van der Waals surface area contributed by atoms with Crippen LogP contribution in [0.4, 0.5) is 5.69 Å². The molecular weight excluding hydrogens is 466 g/mol. The van der Waals surface area contributed by atoms with E-state index < -0.39 is 0 Å². The van der Waals surface area contributed by atoms with Crippen LogP contribution in [0.15, 0.2) is 59.2 Å². The number of methoxy groups -OCH3 is 2. The van der Waals surface area contributed by atoms with Gasteiger partial charge in [0, 0.05) is 19.2 Å². The van der Waals surface area contributed by atoms with Gasteiger partial charge in [-0.05, 0) is 42.3 Å². The van der Waals surface area contributed by atoms with E-state index in [1.807, 2.05) is 47.4 Å². The molecule has 35 heavy (non-hydrogen) atoms. The van der Waals surface area contributed by atoms with Crippen molar-refractivity contribution in [1.29, 1.82) is 0 Å². The smallest absolute Gasteiger partial charge is 0.283 e. The maximum absolute atomic E-state index is 13.4. The van der Waals surface area contributed by atoms with Crippen LogP contribution in [-0.2, 0) is 14.3 Å². The third kappa shape index (κ3) is 5.86. The van der Waals surface area contributed by atoms with Crippen LogP contribution in [0.1, 0.15) is 18.9 Å². The minimum absolute atomic E-state index is 0.00470. The van der Waals surface area contributed by atoms with Crippen LogP contribution in [0.5, 0.6) is 11.5 Å². The highest BCUT2D eigenvalue weighted by Crippen LogP contribution is 2.31. The number of rotatable bonds is 7. The van der Waals surface area contributed by atoms with E-state index in [1.165, 1.54) is 16.7 Å². The number of aliphatic imine (C=N–C) groups is 1. The van der Waals surface area contributed by atoms with Gasteiger partial charge in [0.15, 0.2) is 5.17 Å². The standard InChI is InChI=1S/C26H29N3O5S/c1-4-20-16-28(12-13-34-20)24(30)17-35-26-27-23(14-18-8-10-21(32-2)11-9-18)25(31)29(26)19-6-5-7-22(15-19)33-3/h5-11,14-15,20H,4,12-13,16-17H2,1-3H3/b23-14+. The van der Waals surface area contributed by atoms with E-state index in [0.717, 1.165) is 17.7 Å². The van der Waals surface area contributed by atoms with E-state index in [0.29, 0.717) is 42.0 Å². The third-order valence-corrected chi connectivity index (χ3v) is 6.76. The molecule has 184 valence electrons. The zero-order chi connectivity index (χ0) is 24.8. The molecule has 1 atom stereocenters. The number of nitrogens with zero attached hydrogens (tertiary/aromatic N) is 3. The van der Waals surface area contributed by atoms with Crippen molar-refractivity contribution < 1.29 is 23.8 Å². The van der Waals surface area contributed by atoms with E-state index in [2.05, 4.69) is 11.9 Å². The molecule has 0 spiro atoms. The van der Waals surface area contributed by atoms with Crippen molar-refractivity contribution in [3.8, 4) is 11.5 Å². The highest BCUT2D eigenvalue weighted by Gasteiger charge is 2.33. The fourth-order valence-electron chi connectivity index (χ4n) is 3.84. The molecule has 4 rings (SSSR count). The van der Waals surface area contributed by atoms with Crippen LogP contribution >= 0.6 is 11.8 Å². The number of ether oxygens (including phenoxy) is 3. The lowest BCUT2D eigenvalue weighted by Crippen LogP contribution is -2.46. The van der Waals surface area contributed by atoms with Gasteiger partial charge >= 0.3 is 0 Å². The number of carbonyl (C=O) groups is 2. The molecule has 0 N–H and O–H groups in total. The van der Waals surface area contributed by atoms with Crippen molar-refractivity contribution in [2.24, 2.45) is 4.99 Å². The number of amides is 2. The molecule has 2 aliphatic heterocycles. The maximum Gasteiger partial charge on any atom is 0.283 e. The summed E-state index contributed by atoms with van der Waals surface area (Å²) in [5.74, 6) is 1.28. The maximum atomic E-state index is 13.4. The Morgan fingerprint density at radius 3 is 2.66 bits per heavy atom. The summed E-state index contributed by atoms with van der Waals surface area (Å²) in [5, 5.41) is 0.455. The number of thioether (sulfide) groups is 1. The highest BCUT2D eigenvalue weighted by molar-refractivity contribution is 8.14. The first-order valence-electron chi connectivity index (χ1n) is 11.5. The SMILES string of the molecule is CCC1CN(C(=O)CSC2=N/C(=C/c3ccc(OC)cc3)C(=O)N2c2cccc(OC)c2)CCO1. The summed E-state index contributed by atoms with van der Waals surface area (Å²) in [7, 11) is 3.18. The molecule has 2 aliphatic rings. The first-order chi connectivity index (χ1) is 17.0. The van der Waals surface area contributed by atoms with E-state index in [1.54, 1.807) is 26.4 Å². The first kappa shape index (κ1) is 24.8. The second-order valence-electron chi connectivity index (χ2n) is 8.07. The van der Waals surface area contributed by atoms with Crippen LogP contribution in [-0.4, -0.2) is 67.7 Å². The van der Waals surface area contributed by atoms with E-state index in [-0.39, 0.29) is 23.7 Å². The van der Waals surface area contributed by atoms with Crippen LogP contribution in [0.3, 0.4) is 0 Å². The Morgan fingerprint density at radius 2 is 1.94 bits per heavy atom. The van der Waals surface area contributed by atoms with Gasteiger partial charge < -0.3 is 19.1 Å². The molecule has 2 heterocycles. The highest BCUT2D eigenvalue weighted by atomic mass is 32.2. The molecule has 1 saturated heterocycles. The minimum atomic E-state index is -0.263. The van der Waals surface area contributed by atoms with Gasteiger partial charge in [0.2, 0.25) is 5.91 Å². The van der Waals surface area contributed by atoms with Crippen LogP contribution < -0.4 is 14.4 Å². The van der Waals surface area contributed by atoms with E-state index in [4.69, 9.17) is 14.2 Å². The lowest BCUT2D eigenvalue weighted by Gasteiger charge is -2.32. The minimum Gasteiger partial charge on any atom is -0.497 e. The molecular formula is C26H29N3O5S.